The molecule has 0 aliphatic carbocycles. The van der Waals surface area contributed by atoms with Gasteiger partial charge in [-0.2, -0.15) is 0 Å². The number of carbonyl (C=O) groups is 2. The van der Waals surface area contributed by atoms with Gasteiger partial charge in [-0.3, -0.25) is 4.79 Å². The van der Waals surface area contributed by atoms with E-state index in [1.54, 1.807) is 66.7 Å². The second-order valence-corrected chi connectivity index (χ2v) is 8.25. The van der Waals surface area contributed by atoms with Crippen molar-refractivity contribution in [3.8, 4) is 5.75 Å². The SMILES string of the molecule is O=C(COC(=O)/C=C/c1ccc(OCc2c(Cl)cccc2Cl)cc1)Nc1cccc(Cl)c1Cl. The number of rotatable bonds is 8. The summed E-state index contributed by atoms with van der Waals surface area (Å²) < 4.78 is 10.7. The topological polar surface area (TPSA) is 64.6 Å². The quantitative estimate of drug-likeness (QED) is 0.252. The molecule has 0 aliphatic heterocycles. The van der Waals surface area contributed by atoms with Crippen molar-refractivity contribution in [1.82, 2.24) is 0 Å². The monoisotopic (exact) mass is 523 g/mol. The summed E-state index contributed by atoms with van der Waals surface area (Å²) in [5, 5.41) is 4.11. The number of esters is 1. The highest BCUT2D eigenvalue weighted by molar-refractivity contribution is 6.44. The third-order valence-electron chi connectivity index (χ3n) is 4.31. The molecular weight excluding hydrogens is 508 g/mol. The molecule has 1 N–H and O–H groups in total. The van der Waals surface area contributed by atoms with Gasteiger partial charge in [-0.15, -0.1) is 0 Å². The summed E-state index contributed by atoms with van der Waals surface area (Å²) in [5.41, 5.74) is 1.78. The zero-order valence-electron chi connectivity index (χ0n) is 17.0. The Hall–Kier alpha value is -2.70. The minimum absolute atomic E-state index is 0.209. The minimum atomic E-state index is -0.670. The Balaban J connectivity index is 1.46. The largest absolute Gasteiger partial charge is 0.489 e. The Kier molecular flexibility index (Phi) is 9.03. The van der Waals surface area contributed by atoms with Gasteiger partial charge in [-0.25, -0.2) is 4.79 Å². The number of carbonyl (C=O) groups excluding carboxylic acids is 2. The van der Waals surface area contributed by atoms with Gasteiger partial charge < -0.3 is 14.8 Å². The zero-order valence-corrected chi connectivity index (χ0v) is 20.0. The van der Waals surface area contributed by atoms with Gasteiger partial charge in [0.05, 0.1) is 15.7 Å². The molecule has 3 aromatic rings. The Morgan fingerprint density at radius 2 is 1.48 bits per heavy atom. The molecule has 0 bridgehead atoms. The van der Waals surface area contributed by atoms with Crippen LogP contribution < -0.4 is 10.1 Å². The first-order chi connectivity index (χ1) is 15.8. The molecule has 0 aliphatic rings. The number of hydrogen-bond acceptors (Lipinski definition) is 4. The van der Waals surface area contributed by atoms with Gasteiger partial charge in [-0.1, -0.05) is 70.7 Å². The molecule has 9 heteroatoms. The third-order valence-corrected chi connectivity index (χ3v) is 5.84. The van der Waals surface area contributed by atoms with Crippen LogP contribution in [0, 0.1) is 0 Å². The van der Waals surface area contributed by atoms with Crippen molar-refractivity contribution in [2.45, 2.75) is 6.61 Å². The maximum absolute atomic E-state index is 12.0. The number of nitrogens with one attached hydrogen (secondary N) is 1. The van der Waals surface area contributed by atoms with Crippen LogP contribution in [0.3, 0.4) is 0 Å². The Bertz CT molecular complexity index is 1160. The fraction of sp³-hybridized carbons (Fsp3) is 0.0833. The van der Waals surface area contributed by atoms with Crippen LogP contribution in [-0.2, 0) is 20.9 Å². The fourth-order valence-electron chi connectivity index (χ4n) is 2.64. The summed E-state index contributed by atoms with van der Waals surface area (Å²) in [5.74, 6) is -0.598. The fourth-order valence-corrected chi connectivity index (χ4v) is 3.49. The van der Waals surface area contributed by atoms with E-state index in [0.717, 1.165) is 5.56 Å². The van der Waals surface area contributed by atoms with Crippen LogP contribution in [0.4, 0.5) is 5.69 Å². The second-order valence-electron chi connectivity index (χ2n) is 6.65. The lowest BCUT2D eigenvalue weighted by Gasteiger charge is -2.09. The van der Waals surface area contributed by atoms with E-state index in [9.17, 15) is 9.59 Å². The lowest BCUT2D eigenvalue weighted by Crippen LogP contribution is -2.20. The number of hydrogen-bond donors (Lipinski definition) is 1. The van der Waals surface area contributed by atoms with Crippen LogP contribution >= 0.6 is 46.4 Å². The van der Waals surface area contributed by atoms with Crippen molar-refractivity contribution in [2.24, 2.45) is 0 Å². The van der Waals surface area contributed by atoms with E-state index in [0.29, 0.717) is 32.1 Å². The summed E-state index contributed by atoms with van der Waals surface area (Å²) in [6.07, 6.45) is 2.78. The zero-order chi connectivity index (χ0) is 23.8. The van der Waals surface area contributed by atoms with Crippen molar-refractivity contribution < 1.29 is 19.1 Å². The van der Waals surface area contributed by atoms with Crippen molar-refractivity contribution in [3.63, 3.8) is 0 Å². The average molecular weight is 525 g/mol. The van der Waals surface area contributed by atoms with Crippen LogP contribution in [0.25, 0.3) is 6.08 Å². The summed E-state index contributed by atoms with van der Waals surface area (Å²) >= 11 is 24.2. The molecule has 3 aromatic carbocycles. The Morgan fingerprint density at radius 3 is 2.18 bits per heavy atom. The molecule has 170 valence electrons. The van der Waals surface area contributed by atoms with E-state index < -0.39 is 18.5 Å². The van der Waals surface area contributed by atoms with Crippen molar-refractivity contribution in [3.05, 3.63) is 98.0 Å². The molecule has 0 saturated heterocycles. The normalized spacial score (nSPS) is 10.8. The van der Waals surface area contributed by atoms with Crippen LogP contribution in [0.2, 0.25) is 20.1 Å². The molecule has 0 aromatic heterocycles. The summed E-state index contributed by atoms with van der Waals surface area (Å²) in [7, 11) is 0. The molecule has 33 heavy (non-hydrogen) atoms. The maximum Gasteiger partial charge on any atom is 0.331 e. The highest BCUT2D eigenvalue weighted by Crippen LogP contribution is 2.29. The molecule has 3 rings (SSSR count). The van der Waals surface area contributed by atoms with Crippen LogP contribution in [0.1, 0.15) is 11.1 Å². The second kappa shape index (κ2) is 12.0. The van der Waals surface area contributed by atoms with Crippen LogP contribution in [-0.4, -0.2) is 18.5 Å². The van der Waals surface area contributed by atoms with E-state index in [1.165, 1.54) is 6.08 Å². The van der Waals surface area contributed by atoms with Gasteiger partial charge in [0.25, 0.3) is 5.91 Å². The van der Waals surface area contributed by atoms with Gasteiger partial charge in [0.15, 0.2) is 6.61 Å². The highest BCUT2D eigenvalue weighted by Gasteiger charge is 2.10. The highest BCUT2D eigenvalue weighted by atomic mass is 35.5. The number of benzene rings is 3. The predicted octanol–water partition coefficient (Wildman–Crippen LogP) is 7.07. The van der Waals surface area contributed by atoms with E-state index in [4.69, 9.17) is 55.9 Å². The molecule has 0 spiro atoms. The molecule has 0 atom stereocenters. The predicted molar refractivity (Wildman–Crippen MR) is 132 cm³/mol. The number of ether oxygens (including phenoxy) is 2. The number of amides is 1. The number of halogens is 4. The van der Waals surface area contributed by atoms with Gasteiger partial charge in [-0.05, 0) is 48.0 Å². The van der Waals surface area contributed by atoms with Gasteiger partial charge in [0, 0.05) is 21.7 Å². The van der Waals surface area contributed by atoms with E-state index in [-0.39, 0.29) is 11.6 Å². The summed E-state index contributed by atoms with van der Waals surface area (Å²) in [4.78, 5) is 23.9. The van der Waals surface area contributed by atoms with Gasteiger partial charge in [0.1, 0.15) is 12.4 Å². The average Bonchev–Trinajstić information content (AvgIpc) is 2.80. The number of anilines is 1. The first-order valence-corrected chi connectivity index (χ1v) is 11.1. The first kappa shape index (κ1) is 24.9. The molecular formula is C24H17Cl4NO4. The molecule has 0 saturated carbocycles. The first-order valence-electron chi connectivity index (χ1n) is 9.58. The molecule has 0 fully saturated rings. The van der Waals surface area contributed by atoms with E-state index >= 15 is 0 Å². The summed E-state index contributed by atoms with van der Waals surface area (Å²) in [6.45, 7) is -0.244. The van der Waals surface area contributed by atoms with Crippen molar-refractivity contribution in [2.75, 3.05) is 11.9 Å². The lowest BCUT2D eigenvalue weighted by atomic mass is 10.2. The smallest absolute Gasteiger partial charge is 0.331 e. The maximum atomic E-state index is 12.0. The third kappa shape index (κ3) is 7.41. The Morgan fingerprint density at radius 1 is 0.848 bits per heavy atom. The van der Waals surface area contributed by atoms with Crippen molar-refractivity contribution >= 4 is 70.0 Å². The van der Waals surface area contributed by atoms with Gasteiger partial charge in [0.2, 0.25) is 0 Å². The molecule has 1 amide bonds. The van der Waals surface area contributed by atoms with Crippen LogP contribution in [0.5, 0.6) is 5.75 Å². The minimum Gasteiger partial charge on any atom is -0.489 e. The van der Waals surface area contributed by atoms with Crippen LogP contribution in [0.15, 0.2) is 66.7 Å². The lowest BCUT2D eigenvalue weighted by molar-refractivity contribution is -0.142. The molecule has 0 unspecified atom stereocenters. The molecule has 0 radical (unpaired) electrons. The summed E-state index contributed by atoms with van der Waals surface area (Å²) in [6, 6.07) is 17.1. The standard InChI is InChI=1S/C24H17Cl4NO4/c25-18-3-1-4-19(26)17(18)13-32-16-10-7-15(8-11-16)9-12-23(31)33-14-22(30)29-21-6-2-5-20(27)24(21)28/h1-12H,13-14H2,(H,29,30)/b12-9+. The molecule has 0 heterocycles. The molecule has 5 nitrogen and oxygen atoms in total. The van der Waals surface area contributed by atoms with E-state index in [1.807, 2.05) is 0 Å². The Labute approximate surface area is 210 Å². The van der Waals surface area contributed by atoms with Gasteiger partial charge >= 0.3 is 5.97 Å². The van der Waals surface area contributed by atoms with E-state index in [2.05, 4.69) is 5.32 Å². The van der Waals surface area contributed by atoms with Crippen molar-refractivity contribution in [1.29, 1.82) is 0 Å².